The van der Waals surface area contributed by atoms with Gasteiger partial charge in [-0.15, -0.1) is 0 Å². The Morgan fingerprint density at radius 2 is 1.79 bits per heavy atom. The number of methoxy groups -OCH3 is 1. The maximum absolute atomic E-state index is 13.4. The van der Waals surface area contributed by atoms with Gasteiger partial charge in [0.15, 0.2) is 29.0 Å². The number of carbonyl (C=O) groups excluding carboxylic acids is 3. The van der Waals surface area contributed by atoms with E-state index in [9.17, 15) is 14.4 Å². The fourth-order valence-electron chi connectivity index (χ4n) is 5.06. The Morgan fingerprint density at radius 1 is 1.07 bits per heavy atom. The molecule has 0 bridgehead atoms. The van der Waals surface area contributed by atoms with Crippen LogP contribution < -0.4 is 10.2 Å². The van der Waals surface area contributed by atoms with Crippen molar-refractivity contribution in [2.75, 3.05) is 18.6 Å². The summed E-state index contributed by atoms with van der Waals surface area (Å²) in [5, 5.41) is 2.70. The molecule has 0 saturated carbocycles. The molecule has 43 heavy (non-hydrogen) atoms. The molecular formula is C29H36N6O8. The number of nitrogens with zero attached hydrogens (tertiary/aromatic N) is 5. The number of benzene rings is 1. The van der Waals surface area contributed by atoms with Crippen LogP contribution in [0.5, 0.6) is 0 Å². The zero-order valence-electron chi connectivity index (χ0n) is 25.0. The zero-order valence-corrected chi connectivity index (χ0v) is 25.0. The van der Waals surface area contributed by atoms with Crippen LogP contribution in [0.2, 0.25) is 0 Å². The summed E-state index contributed by atoms with van der Waals surface area (Å²) in [6.45, 7) is 9.24. The van der Waals surface area contributed by atoms with Gasteiger partial charge in [0.1, 0.15) is 36.7 Å². The fraction of sp³-hybridized carbons (Fsp3) is 0.517. The lowest BCUT2D eigenvalue weighted by atomic mass is 10.1. The van der Waals surface area contributed by atoms with E-state index in [1.54, 1.807) is 45.5 Å². The zero-order chi connectivity index (χ0) is 30.9. The van der Waals surface area contributed by atoms with Gasteiger partial charge < -0.3 is 29.0 Å². The number of ether oxygens (including phenoxy) is 5. The average molecular weight is 597 g/mol. The van der Waals surface area contributed by atoms with Gasteiger partial charge in [0.05, 0.1) is 20.0 Å². The van der Waals surface area contributed by atoms with Crippen LogP contribution in [0.25, 0.3) is 11.2 Å². The Kier molecular flexibility index (Phi) is 8.36. The molecule has 0 aliphatic carbocycles. The van der Waals surface area contributed by atoms with Crippen molar-refractivity contribution < 1.29 is 38.1 Å². The number of amides is 2. The van der Waals surface area contributed by atoms with Gasteiger partial charge in [0.25, 0.3) is 0 Å². The van der Waals surface area contributed by atoms with E-state index in [4.69, 9.17) is 18.9 Å². The highest BCUT2D eigenvalue weighted by atomic mass is 16.8. The van der Waals surface area contributed by atoms with Crippen molar-refractivity contribution in [3.63, 3.8) is 0 Å². The van der Waals surface area contributed by atoms with E-state index in [0.29, 0.717) is 11.2 Å². The van der Waals surface area contributed by atoms with Crippen molar-refractivity contribution in [1.82, 2.24) is 24.8 Å². The Labute approximate surface area is 248 Å². The van der Waals surface area contributed by atoms with E-state index < -0.39 is 60.3 Å². The molecule has 2 aliphatic heterocycles. The smallest absolute Gasteiger partial charge is 0.416 e. The third kappa shape index (κ3) is 6.76. The summed E-state index contributed by atoms with van der Waals surface area (Å²) in [7, 11) is 1.22. The van der Waals surface area contributed by atoms with E-state index in [0.717, 1.165) is 5.56 Å². The number of fused-ring (bicyclic) bond motifs is 2. The van der Waals surface area contributed by atoms with Crippen LogP contribution in [0.15, 0.2) is 43.0 Å². The third-order valence-electron chi connectivity index (χ3n) is 6.82. The fourth-order valence-corrected chi connectivity index (χ4v) is 5.06. The molecule has 14 nitrogen and oxygen atoms in total. The maximum Gasteiger partial charge on any atom is 0.416 e. The summed E-state index contributed by atoms with van der Waals surface area (Å²) in [5.41, 5.74) is 0.895. The molecule has 2 fully saturated rings. The van der Waals surface area contributed by atoms with Crippen LogP contribution in [0.1, 0.15) is 52.8 Å². The van der Waals surface area contributed by atoms with Crippen LogP contribution in [0, 0.1) is 0 Å². The molecule has 2 aliphatic rings. The standard InChI is InChI=1S/C29H36N6O8/c1-28(2,3)43-27(38)34(14-17-10-8-7-9-11-17)24-21-25(32-15-31-24)35(16-33-21)26-23-22(41-29(4,5)42-23)18(40-26)13-30-19(36)12-20(37)39-6/h7-11,15-16,18,22-23,26H,12-14H2,1-6H3,(H,30,36)/t18?,22-,23-,26-/m1/s1. The Bertz CT molecular complexity index is 1490. The van der Waals surface area contributed by atoms with E-state index in [-0.39, 0.29) is 18.9 Å². The molecule has 5 rings (SSSR count). The van der Waals surface area contributed by atoms with Crippen molar-refractivity contribution in [2.45, 2.75) is 83.5 Å². The maximum atomic E-state index is 13.4. The number of anilines is 1. The summed E-state index contributed by atoms with van der Waals surface area (Å²) < 4.78 is 30.7. The first kappa shape index (κ1) is 30.3. The highest BCUT2D eigenvalue weighted by molar-refractivity contribution is 5.95. The quantitative estimate of drug-likeness (QED) is 0.301. The number of rotatable bonds is 8. The minimum atomic E-state index is -0.911. The minimum absolute atomic E-state index is 0.0727. The molecule has 0 spiro atoms. The van der Waals surface area contributed by atoms with E-state index >= 15 is 0 Å². The lowest BCUT2D eigenvalue weighted by Crippen LogP contribution is -2.40. The van der Waals surface area contributed by atoms with Gasteiger partial charge in [0, 0.05) is 6.54 Å². The second-order valence-electron chi connectivity index (χ2n) is 11.8. The van der Waals surface area contributed by atoms with Crippen molar-refractivity contribution in [3.8, 4) is 0 Å². The number of imidazole rings is 1. The van der Waals surface area contributed by atoms with E-state index in [1.165, 1.54) is 18.3 Å². The molecule has 3 aromatic rings. The first-order valence-electron chi connectivity index (χ1n) is 13.9. The van der Waals surface area contributed by atoms with Gasteiger partial charge in [-0.3, -0.25) is 19.1 Å². The predicted octanol–water partition coefficient (Wildman–Crippen LogP) is 2.86. The molecule has 0 radical (unpaired) electrons. The molecule has 2 amide bonds. The molecule has 2 aromatic heterocycles. The summed E-state index contributed by atoms with van der Waals surface area (Å²) >= 11 is 0. The topological polar surface area (TPSA) is 156 Å². The van der Waals surface area contributed by atoms with E-state index in [2.05, 4.69) is 25.0 Å². The molecule has 1 aromatic carbocycles. The monoisotopic (exact) mass is 596 g/mol. The predicted molar refractivity (Wildman–Crippen MR) is 152 cm³/mol. The number of carbonyl (C=O) groups is 3. The summed E-state index contributed by atoms with van der Waals surface area (Å²) in [5.74, 6) is -1.78. The van der Waals surface area contributed by atoms with Gasteiger partial charge >= 0.3 is 12.1 Å². The van der Waals surface area contributed by atoms with Gasteiger partial charge in [0.2, 0.25) is 5.91 Å². The van der Waals surface area contributed by atoms with Crippen molar-refractivity contribution in [3.05, 3.63) is 48.5 Å². The first-order valence-corrected chi connectivity index (χ1v) is 13.9. The molecule has 1 N–H and O–H groups in total. The Hall–Kier alpha value is -4.14. The molecule has 2 saturated heterocycles. The van der Waals surface area contributed by atoms with Crippen molar-refractivity contribution in [2.24, 2.45) is 0 Å². The van der Waals surface area contributed by atoms with Gasteiger partial charge in [-0.25, -0.2) is 19.7 Å². The number of hydrogen-bond donors (Lipinski definition) is 1. The lowest BCUT2D eigenvalue weighted by Gasteiger charge is -2.27. The first-order chi connectivity index (χ1) is 20.3. The highest BCUT2D eigenvalue weighted by Crippen LogP contribution is 2.44. The summed E-state index contributed by atoms with van der Waals surface area (Å²) in [6, 6.07) is 9.49. The van der Waals surface area contributed by atoms with Gasteiger partial charge in [-0.2, -0.15) is 0 Å². The molecule has 230 valence electrons. The summed E-state index contributed by atoms with van der Waals surface area (Å²) in [6.07, 6.45) is -0.529. The molecule has 4 heterocycles. The average Bonchev–Trinajstić information content (AvgIpc) is 3.60. The van der Waals surface area contributed by atoms with Crippen LogP contribution >= 0.6 is 0 Å². The van der Waals surface area contributed by atoms with Crippen LogP contribution in [0.4, 0.5) is 10.6 Å². The SMILES string of the molecule is COC(=O)CC(=O)NCC1O[C@@H](n2cnc3c(N(Cc4ccccc4)C(=O)OC(C)(C)C)ncnc32)[C@@H]2OC(C)(C)O[C@H]12. The Morgan fingerprint density at radius 3 is 2.49 bits per heavy atom. The largest absolute Gasteiger partial charge is 0.469 e. The second kappa shape index (κ2) is 11.9. The molecular weight excluding hydrogens is 560 g/mol. The Balaban J connectivity index is 1.45. The molecule has 1 unspecified atom stereocenters. The second-order valence-corrected chi connectivity index (χ2v) is 11.8. The molecule has 4 atom stereocenters. The number of esters is 1. The lowest BCUT2D eigenvalue weighted by molar-refractivity contribution is -0.195. The third-order valence-corrected chi connectivity index (χ3v) is 6.82. The number of aromatic nitrogens is 4. The summed E-state index contributed by atoms with van der Waals surface area (Å²) in [4.78, 5) is 52.1. The number of nitrogens with one attached hydrogen (secondary N) is 1. The highest BCUT2D eigenvalue weighted by Gasteiger charge is 2.56. The normalized spacial score (nSPS) is 22.7. The van der Waals surface area contributed by atoms with Gasteiger partial charge in [-0.1, -0.05) is 30.3 Å². The van der Waals surface area contributed by atoms with Crippen molar-refractivity contribution >= 4 is 35.0 Å². The van der Waals surface area contributed by atoms with Crippen LogP contribution in [-0.4, -0.2) is 80.8 Å². The van der Waals surface area contributed by atoms with Gasteiger partial charge in [-0.05, 0) is 40.2 Å². The van der Waals surface area contributed by atoms with Crippen LogP contribution in [0.3, 0.4) is 0 Å². The van der Waals surface area contributed by atoms with Crippen molar-refractivity contribution in [1.29, 1.82) is 0 Å². The number of hydrogen-bond acceptors (Lipinski definition) is 11. The molecule has 14 heteroatoms. The van der Waals surface area contributed by atoms with E-state index in [1.807, 2.05) is 30.3 Å². The van der Waals surface area contributed by atoms with Crippen LogP contribution in [-0.2, 0) is 39.8 Å². The minimum Gasteiger partial charge on any atom is -0.469 e.